The lowest BCUT2D eigenvalue weighted by Crippen LogP contribution is -2.42. The summed E-state index contributed by atoms with van der Waals surface area (Å²) in [5, 5.41) is 10.3. The van der Waals surface area contributed by atoms with Gasteiger partial charge in [-0.3, -0.25) is 4.79 Å². The van der Waals surface area contributed by atoms with E-state index in [-0.39, 0.29) is 17.2 Å². The number of anilines is 1. The minimum Gasteiger partial charge on any atom is -0.475 e. The zero-order valence-corrected chi connectivity index (χ0v) is 18.5. The number of halogens is 3. The van der Waals surface area contributed by atoms with Crippen molar-refractivity contribution >= 4 is 17.6 Å². The van der Waals surface area contributed by atoms with Crippen LogP contribution in [0.15, 0.2) is 30.3 Å². The third-order valence-corrected chi connectivity index (χ3v) is 6.66. The highest BCUT2D eigenvalue weighted by atomic mass is 19.4. The second kappa shape index (κ2) is 11.3. The van der Waals surface area contributed by atoms with Crippen molar-refractivity contribution in [3.05, 3.63) is 30.3 Å². The van der Waals surface area contributed by atoms with Crippen LogP contribution in [-0.4, -0.2) is 74.1 Å². The fraction of sp³-hybridized carbons (Fsp3) is 0.652. The molecule has 184 valence electrons. The van der Waals surface area contributed by atoms with Crippen LogP contribution in [0.4, 0.5) is 18.9 Å². The molecular weight excluding hydrogens is 441 g/mol. The summed E-state index contributed by atoms with van der Waals surface area (Å²) in [6.45, 7) is 6.32. The molecule has 10 heteroatoms. The van der Waals surface area contributed by atoms with Gasteiger partial charge in [0.1, 0.15) is 0 Å². The first-order valence-electron chi connectivity index (χ1n) is 11.2. The third kappa shape index (κ3) is 7.15. The lowest BCUT2D eigenvalue weighted by atomic mass is 9.71. The number of amides is 1. The molecule has 1 unspecified atom stereocenters. The van der Waals surface area contributed by atoms with E-state index in [1.165, 1.54) is 0 Å². The zero-order valence-electron chi connectivity index (χ0n) is 18.5. The van der Waals surface area contributed by atoms with Crippen molar-refractivity contribution in [2.45, 2.75) is 31.9 Å². The molecule has 4 rings (SSSR count). The van der Waals surface area contributed by atoms with Crippen LogP contribution in [0.25, 0.3) is 0 Å². The predicted octanol–water partition coefficient (Wildman–Crippen LogP) is 3.41. The van der Waals surface area contributed by atoms with Crippen LogP contribution in [0.2, 0.25) is 0 Å². The van der Waals surface area contributed by atoms with E-state index in [0.29, 0.717) is 5.92 Å². The molecule has 0 radical (unpaired) electrons. The maximum absolute atomic E-state index is 13.1. The van der Waals surface area contributed by atoms with Gasteiger partial charge in [-0.1, -0.05) is 18.2 Å². The Morgan fingerprint density at radius 1 is 1.06 bits per heavy atom. The van der Waals surface area contributed by atoms with Crippen molar-refractivity contribution in [2.75, 3.05) is 51.4 Å². The number of alkyl halides is 3. The summed E-state index contributed by atoms with van der Waals surface area (Å²) >= 11 is 0. The monoisotopic (exact) mass is 472 g/mol. The number of ether oxygens (including phenoxy) is 2. The molecule has 1 aromatic rings. The number of nitrogens with zero attached hydrogens (tertiary/aromatic N) is 1. The molecule has 2 N–H and O–H groups in total. The number of carbonyl (C=O) groups excluding carboxylic acids is 1. The minimum atomic E-state index is -5.08. The van der Waals surface area contributed by atoms with Crippen molar-refractivity contribution in [3.63, 3.8) is 0 Å². The van der Waals surface area contributed by atoms with Gasteiger partial charge >= 0.3 is 12.1 Å². The van der Waals surface area contributed by atoms with Crippen molar-refractivity contribution in [1.82, 2.24) is 4.90 Å². The molecule has 0 saturated carbocycles. The van der Waals surface area contributed by atoms with Gasteiger partial charge in [0.05, 0.1) is 5.92 Å². The Balaban J connectivity index is 0.000000383. The Bertz CT molecular complexity index is 778. The number of nitrogens with one attached hydrogen (secondary N) is 1. The molecule has 0 bridgehead atoms. The van der Waals surface area contributed by atoms with Gasteiger partial charge in [-0.25, -0.2) is 4.79 Å². The number of rotatable bonds is 4. The van der Waals surface area contributed by atoms with Gasteiger partial charge in [-0.15, -0.1) is 0 Å². The summed E-state index contributed by atoms with van der Waals surface area (Å²) in [5.74, 6) is -1.83. The van der Waals surface area contributed by atoms with Gasteiger partial charge in [0, 0.05) is 57.2 Å². The van der Waals surface area contributed by atoms with E-state index >= 15 is 0 Å². The van der Waals surface area contributed by atoms with E-state index in [1.807, 2.05) is 30.3 Å². The Kier molecular flexibility index (Phi) is 8.72. The fourth-order valence-electron chi connectivity index (χ4n) is 4.90. The van der Waals surface area contributed by atoms with Crippen LogP contribution in [0, 0.1) is 17.3 Å². The smallest absolute Gasteiger partial charge is 0.475 e. The standard InChI is InChI=1S/C21H30N2O3.C2HF3O2/c24-20(22-18-4-2-1-3-5-18)19-15-23(14-17-6-10-25-11-7-17)16-21(19)8-12-26-13-9-21;3-2(4,5)1(6)7/h1-5,17,19H,6-16H2,(H,22,24);(H,6,7). The number of carboxylic acids is 1. The second-order valence-corrected chi connectivity index (χ2v) is 8.94. The van der Waals surface area contributed by atoms with Gasteiger partial charge in [0.25, 0.3) is 0 Å². The highest BCUT2D eigenvalue weighted by Crippen LogP contribution is 2.45. The van der Waals surface area contributed by atoms with Gasteiger partial charge in [-0.2, -0.15) is 13.2 Å². The highest BCUT2D eigenvalue weighted by Gasteiger charge is 2.50. The minimum absolute atomic E-state index is 0.0476. The Hall–Kier alpha value is -2.17. The number of likely N-dealkylation sites (tertiary alicyclic amines) is 1. The number of benzene rings is 1. The lowest BCUT2D eigenvalue weighted by molar-refractivity contribution is -0.192. The zero-order chi connectivity index (χ0) is 23.9. The molecule has 3 aliphatic rings. The van der Waals surface area contributed by atoms with Crippen molar-refractivity contribution in [2.24, 2.45) is 17.3 Å². The van der Waals surface area contributed by atoms with Crippen LogP contribution in [0.3, 0.4) is 0 Å². The van der Waals surface area contributed by atoms with Crippen molar-refractivity contribution < 1.29 is 37.3 Å². The molecule has 1 aromatic carbocycles. The van der Waals surface area contributed by atoms with E-state index in [4.69, 9.17) is 19.4 Å². The first-order chi connectivity index (χ1) is 15.7. The topological polar surface area (TPSA) is 88.1 Å². The molecule has 3 saturated heterocycles. The van der Waals surface area contributed by atoms with Gasteiger partial charge in [-0.05, 0) is 43.7 Å². The van der Waals surface area contributed by atoms with Crippen LogP contribution >= 0.6 is 0 Å². The summed E-state index contributed by atoms with van der Waals surface area (Å²) in [7, 11) is 0. The quantitative estimate of drug-likeness (QED) is 0.698. The third-order valence-electron chi connectivity index (χ3n) is 6.66. The summed E-state index contributed by atoms with van der Waals surface area (Å²) in [4.78, 5) is 24.6. The first-order valence-corrected chi connectivity index (χ1v) is 11.2. The maximum atomic E-state index is 13.1. The summed E-state index contributed by atoms with van der Waals surface area (Å²) in [5.41, 5.74) is 0.963. The summed E-state index contributed by atoms with van der Waals surface area (Å²) in [6, 6.07) is 9.82. The van der Waals surface area contributed by atoms with Crippen LogP contribution < -0.4 is 5.32 Å². The molecule has 1 spiro atoms. The normalized spacial score (nSPS) is 23.5. The molecule has 3 aliphatic heterocycles. The molecule has 7 nitrogen and oxygen atoms in total. The Morgan fingerprint density at radius 3 is 2.21 bits per heavy atom. The summed E-state index contributed by atoms with van der Waals surface area (Å²) < 4.78 is 42.9. The molecule has 1 atom stereocenters. The number of hydrogen-bond acceptors (Lipinski definition) is 5. The SMILES string of the molecule is O=C(Nc1ccccc1)C1CN(CC2CCOCC2)CC12CCOCC2.O=C(O)C(F)(F)F. The average molecular weight is 473 g/mol. The van der Waals surface area contributed by atoms with Crippen molar-refractivity contribution in [1.29, 1.82) is 0 Å². The molecule has 3 heterocycles. The number of carbonyl (C=O) groups is 2. The van der Waals surface area contributed by atoms with Gasteiger partial charge in [0.2, 0.25) is 5.91 Å². The number of hydrogen-bond donors (Lipinski definition) is 2. The Morgan fingerprint density at radius 2 is 1.64 bits per heavy atom. The molecule has 0 aliphatic carbocycles. The molecular formula is C23H31F3N2O5. The van der Waals surface area contributed by atoms with Crippen LogP contribution in [-0.2, 0) is 19.1 Å². The van der Waals surface area contributed by atoms with E-state index < -0.39 is 12.1 Å². The van der Waals surface area contributed by atoms with Gasteiger partial charge < -0.3 is 24.8 Å². The fourth-order valence-corrected chi connectivity index (χ4v) is 4.90. The molecule has 33 heavy (non-hydrogen) atoms. The number of aliphatic carboxylic acids is 1. The van der Waals surface area contributed by atoms with E-state index in [1.54, 1.807) is 0 Å². The van der Waals surface area contributed by atoms with E-state index in [0.717, 1.165) is 77.4 Å². The highest BCUT2D eigenvalue weighted by molar-refractivity contribution is 5.93. The Labute approximate surface area is 191 Å². The molecule has 1 amide bonds. The maximum Gasteiger partial charge on any atom is 0.490 e. The molecule has 3 fully saturated rings. The molecule has 0 aromatic heterocycles. The number of carboxylic acid groups (broad SMARTS) is 1. The largest absolute Gasteiger partial charge is 0.490 e. The lowest BCUT2D eigenvalue weighted by Gasteiger charge is -2.37. The average Bonchev–Trinajstić information content (AvgIpc) is 3.12. The predicted molar refractivity (Wildman–Crippen MR) is 115 cm³/mol. The van der Waals surface area contributed by atoms with E-state index in [9.17, 15) is 18.0 Å². The summed E-state index contributed by atoms with van der Waals surface area (Å²) in [6.07, 6.45) is -0.810. The van der Waals surface area contributed by atoms with Gasteiger partial charge in [0.15, 0.2) is 0 Å². The second-order valence-electron chi connectivity index (χ2n) is 8.94. The van der Waals surface area contributed by atoms with Crippen LogP contribution in [0.1, 0.15) is 25.7 Å². The number of para-hydroxylation sites is 1. The van der Waals surface area contributed by atoms with Crippen LogP contribution in [0.5, 0.6) is 0 Å². The van der Waals surface area contributed by atoms with Crippen molar-refractivity contribution in [3.8, 4) is 0 Å². The van der Waals surface area contributed by atoms with E-state index in [2.05, 4.69) is 10.2 Å². The first kappa shape index (κ1) is 25.5.